The molecule has 0 saturated heterocycles. The molecule has 1 heterocycles. The van der Waals surface area contributed by atoms with Gasteiger partial charge in [0.15, 0.2) is 0 Å². The van der Waals surface area contributed by atoms with Gasteiger partial charge >= 0.3 is 6.03 Å². The summed E-state index contributed by atoms with van der Waals surface area (Å²) in [6.07, 6.45) is 8.08. The van der Waals surface area contributed by atoms with Crippen LogP contribution in [-0.4, -0.2) is 46.0 Å². The molecule has 0 fully saturated rings. The molecule has 0 saturated carbocycles. The number of aromatic nitrogens is 2. The van der Waals surface area contributed by atoms with E-state index in [4.69, 9.17) is 0 Å². The first-order valence-corrected chi connectivity index (χ1v) is 9.54. The number of nitrogens with zero attached hydrogens (tertiary/aromatic N) is 3. The van der Waals surface area contributed by atoms with Crippen LogP contribution in [0.15, 0.2) is 43.0 Å². The van der Waals surface area contributed by atoms with Crippen molar-refractivity contribution in [3.63, 3.8) is 0 Å². The molecule has 0 aliphatic rings. The number of amides is 3. The van der Waals surface area contributed by atoms with E-state index in [1.807, 2.05) is 15.7 Å². The fraction of sp³-hybridized carbons (Fsp3) is 0.450. The largest absolute Gasteiger partial charge is 0.339 e. The Morgan fingerprint density at radius 1 is 1.11 bits per heavy atom. The lowest BCUT2D eigenvalue weighted by molar-refractivity contribution is 0.0755. The van der Waals surface area contributed by atoms with Gasteiger partial charge in [-0.15, -0.1) is 0 Å². The number of urea groups is 1. The number of hydrogen-bond acceptors (Lipinski definition) is 3. The zero-order chi connectivity index (χ0) is 19.5. The van der Waals surface area contributed by atoms with Crippen LogP contribution in [0.1, 0.15) is 43.5 Å². The third-order valence-corrected chi connectivity index (χ3v) is 4.10. The van der Waals surface area contributed by atoms with Crippen molar-refractivity contribution in [3.8, 4) is 0 Å². The van der Waals surface area contributed by atoms with Crippen LogP contribution in [0.3, 0.4) is 0 Å². The molecule has 0 bridgehead atoms. The third-order valence-electron chi connectivity index (χ3n) is 4.10. The van der Waals surface area contributed by atoms with E-state index in [0.717, 1.165) is 38.9 Å². The molecule has 1 aromatic heterocycles. The van der Waals surface area contributed by atoms with E-state index in [1.165, 1.54) is 0 Å². The number of aryl methyl sites for hydroxylation is 1. The van der Waals surface area contributed by atoms with Gasteiger partial charge in [-0.2, -0.15) is 0 Å². The van der Waals surface area contributed by atoms with E-state index < -0.39 is 0 Å². The SMILES string of the molecule is CCCN(CCC)C(=O)c1ccc(NC(=O)NCCCn2ccnc2)cc1. The van der Waals surface area contributed by atoms with Gasteiger partial charge in [-0.05, 0) is 43.5 Å². The minimum absolute atomic E-state index is 0.0363. The highest BCUT2D eigenvalue weighted by Crippen LogP contribution is 2.12. The van der Waals surface area contributed by atoms with Gasteiger partial charge in [0, 0.05) is 49.8 Å². The lowest BCUT2D eigenvalue weighted by atomic mass is 10.1. The van der Waals surface area contributed by atoms with E-state index in [-0.39, 0.29) is 11.9 Å². The Kier molecular flexibility index (Phi) is 8.35. The Bertz CT molecular complexity index is 692. The quantitative estimate of drug-likeness (QED) is 0.629. The molecule has 2 N–H and O–H groups in total. The second-order valence-corrected chi connectivity index (χ2v) is 6.40. The zero-order valence-electron chi connectivity index (χ0n) is 16.1. The van der Waals surface area contributed by atoms with Crippen molar-refractivity contribution in [1.82, 2.24) is 19.8 Å². The van der Waals surface area contributed by atoms with Crippen LogP contribution in [0, 0.1) is 0 Å². The predicted molar refractivity (Wildman–Crippen MR) is 107 cm³/mol. The first-order chi connectivity index (χ1) is 13.1. The van der Waals surface area contributed by atoms with Crippen molar-refractivity contribution in [2.45, 2.75) is 39.7 Å². The number of benzene rings is 1. The molecule has 27 heavy (non-hydrogen) atoms. The maximum absolute atomic E-state index is 12.5. The van der Waals surface area contributed by atoms with Crippen molar-refractivity contribution in [1.29, 1.82) is 0 Å². The Morgan fingerprint density at radius 2 is 1.81 bits per heavy atom. The lowest BCUT2D eigenvalue weighted by Crippen LogP contribution is -2.32. The van der Waals surface area contributed by atoms with E-state index >= 15 is 0 Å². The van der Waals surface area contributed by atoms with Crippen LogP contribution in [-0.2, 0) is 6.54 Å². The molecule has 146 valence electrons. The molecule has 0 aliphatic heterocycles. The highest BCUT2D eigenvalue weighted by Gasteiger charge is 2.14. The van der Waals surface area contributed by atoms with Gasteiger partial charge in [-0.1, -0.05) is 13.8 Å². The van der Waals surface area contributed by atoms with Crippen LogP contribution in [0.25, 0.3) is 0 Å². The standard InChI is InChI=1S/C20H29N5O2/c1-3-12-25(13-4-2)19(26)17-6-8-18(9-7-17)23-20(27)22-10-5-14-24-15-11-21-16-24/h6-9,11,15-16H,3-5,10,12-14H2,1-2H3,(H2,22,23,27). The summed E-state index contributed by atoms with van der Waals surface area (Å²) in [4.78, 5) is 30.4. The van der Waals surface area contributed by atoms with E-state index in [9.17, 15) is 9.59 Å². The molecular formula is C20H29N5O2. The predicted octanol–water partition coefficient (Wildman–Crippen LogP) is 3.36. The summed E-state index contributed by atoms with van der Waals surface area (Å²) in [6.45, 7) is 7.03. The number of hydrogen-bond donors (Lipinski definition) is 2. The topological polar surface area (TPSA) is 79.3 Å². The van der Waals surface area contributed by atoms with Crippen LogP contribution in [0.4, 0.5) is 10.5 Å². The number of carbonyl (C=O) groups is 2. The van der Waals surface area contributed by atoms with Crippen molar-refractivity contribution < 1.29 is 9.59 Å². The van der Waals surface area contributed by atoms with Gasteiger partial charge in [-0.25, -0.2) is 9.78 Å². The molecule has 2 rings (SSSR count). The van der Waals surface area contributed by atoms with Gasteiger partial charge < -0.3 is 20.1 Å². The van der Waals surface area contributed by atoms with Crippen molar-refractivity contribution in [2.75, 3.05) is 25.0 Å². The molecule has 7 heteroatoms. The summed E-state index contributed by atoms with van der Waals surface area (Å²) in [5.41, 5.74) is 1.30. The van der Waals surface area contributed by atoms with Crippen LogP contribution in [0.2, 0.25) is 0 Å². The van der Waals surface area contributed by atoms with Gasteiger partial charge in [0.25, 0.3) is 5.91 Å². The van der Waals surface area contributed by atoms with E-state index in [2.05, 4.69) is 29.5 Å². The first-order valence-electron chi connectivity index (χ1n) is 9.54. The average Bonchev–Trinajstić information content (AvgIpc) is 3.19. The summed E-state index contributed by atoms with van der Waals surface area (Å²) in [7, 11) is 0. The van der Waals surface area contributed by atoms with Crippen molar-refractivity contribution in [2.24, 2.45) is 0 Å². The lowest BCUT2D eigenvalue weighted by Gasteiger charge is -2.21. The van der Waals surface area contributed by atoms with Crippen molar-refractivity contribution >= 4 is 17.6 Å². The Hall–Kier alpha value is -2.83. The Balaban J connectivity index is 1.78. The zero-order valence-corrected chi connectivity index (χ0v) is 16.1. The van der Waals surface area contributed by atoms with E-state index in [0.29, 0.717) is 17.8 Å². The van der Waals surface area contributed by atoms with Crippen LogP contribution < -0.4 is 10.6 Å². The number of nitrogens with one attached hydrogen (secondary N) is 2. The maximum atomic E-state index is 12.5. The maximum Gasteiger partial charge on any atom is 0.319 e. The Morgan fingerprint density at radius 3 is 2.41 bits per heavy atom. The number of rotatable bonds is 10. The van der Waals surface area contributed by atoms with E-state index in [1.54, 1.807) is 36.8 Å². The monoisotopic (exact) mass is 371 g/mol. The first kappa shape index (κ1) is 20.5. The third kappa shape index (κ3) is 6.77. The fourth-order valence-corrected chi connectivity index (χ4v) is 2.79. The van der Waals surface area contributed by atoms with Crippen LogP contribution >= 0.6 is 0 Å². The highest BCUT2D eigenvalue weighted by molar-refractivity contribution is 5.95. The Labute approximate surface area is 160 Å². The molecule has 7 nitrogen and oxygen atoms in total. The molecule has 0 unspecified atom stereocenters. The highest BCUT2D eigenvalue weighted by atomic mass is 16.2. The second-order valence-electron chi connectivity index (χ2n) is 6.40. The van der Waals surface area contributed by atoms with Gasteiger partial charge in [0.2, 0.25) is 0 Å². The molecular weight excluding hydrogens is 342 g/mol. The van der Waals surface area contributed by atoms with Crippen LogP contribution in [0.5, 0.6) is 0 Å². The van der Waals surface area contributed by atoms with Gasteiger partial charge in [-0.3, -0.25) is 4.79 Å². The summed E-state index contributed by atoms with van der Waals surface area (Å²) in [6, 6.07) is 6.78. The smallest absolute Gasteiger partial charge is 0.319 e. The normalized spacial score (nSPS) is 10.4. The number of carbonyl (C=O) groups excluding carboxylic acids is 2. The molecule has 0 radical (unpaired) electrons. The van der Waals surface area contributed by atoms with Gasteiger partial charge in [0.05, 0.1) is 6.33 Å². The molecule has 0 spiro atoms. The second kappa shape index (κ2) is 11.0. The molecule has 2 aromatic rings. The summed E-state index contributed by atoms with van der Waals surface area (Å²) >= 11 is 0. The number of imidazole rings is 1. The minimum Gasteiger partial charge on any atom is -0.339 e. The molecule has 0 atom stereocenters. The minimum atomic E-state index is -0.252. The number of anilines is 1. The molecule has 0 aliphatic carbocycles. The summed E-state index contributed by atoms with van der Waals surface area (Å²) in [5, 5.41) is 5.61. The van der Waals surface area contributed by atoms with Gasteiger partial charge in [0.1, 0.15) is 0 Å². The average molecular weight is 371 g/mol. The summed E-state index contributed by atoms with van der Waals surface area (Å²) in [5.74, 6) is 0.0363. The fourth-order valence-electron chi connectivity index (χ4n) is 2.79. The molecule has 3 amide bonds. The van der Waals surface area contributed by atoms with Crippen molar-refractivity contribution in [3.05, 3.63) is 48.5 Å². The molecule has 1 aromatic carbocycles. The summed E-state index contributed by atoms with van der Waals surface area (Å²) < 4.78 is 1.97.